The monoisotopic (exact) mass is 539 g/mol. The van der Waals surface area contributed by atoms with Gasteiger partial charge in [-0.1, -0.05) is 19.8 Å². The molecule has 1 aromatic rings. The Labute approximate surface area is 175 Å². The van der Waals surface area contributed by atoms with Crippen LogP contribution >= 0.6 is 11.8 Å². The first-order valence-electron chi connectivity index (χ1n) is 9.43. The molecule has 0 saturated heterocycles. The summed E-state index contributed by atoms with van der Waals surface area (Å²) in [5.41, 5.74) is 4.31. The maximum absolute atomic E-state index is 6.08. The van der Waals surface area contributed by atoms with Gasteiger partial charge in [-0.2, -0.15) is 0 Å². The summed E-state index contributed by atoms with van der Waals surface area (Å²) >= 11 is 3.50. The second-order valence-corrected chi connectivity index (χ2v) is 10.9. The van der Waals surface area contributed by atoms with E-state index in [-0.39, 0.29) is 0 Å². The van der Waals surface area contributed by atoms with Gasteiger partial charge in [0.25, 0.3) is 0 Å². The van der Waals surface area contributed by atoms with E-state index in [1.165, 1.54) is 76.3 Å². The van der Waals surface area contributed by atoms with Crippen LogP contribution in [0.2, 0.25) is 0 Å². The Morgan fingerprint density at radius 3 is 2.31 bits per heavy atom. The fourth-order valence-corrected chi connectivity index (χ4v) is 4.85. The van der Waals surface area contributed by atoms with Crippen molar-refractivity contribution in [2.24, 2.45) is 5.41 Å². The number of rotatable bonds is 8. The average molecular weight is 539 g/mol. The second-order valence-electron chi connectivity index (χ2n) is 7.60. The molecule has 1 saturated carbocycles. The van der Waals surface area contributed by atoms with Gasteiger partial charge < -0.3 is 0 Å². The van der Waals surface area contributed by atoms with Gasteiger partial charge in [0.15, 0.2) is 0 Å². The predicted octanol–water partition coefficient (Wildman–Crippen LogP) is 6.56. The van der Waals surface area contributed by atoms with Crippen LogP contribution in [0, 0.1) is 11.5 Å². The fraction of sp³-hybridized carbons (Fsp3) is 0.522. The molecule has 0 N–H and O–H groups in total. The molecule has 0 aliphatic heterocycles. The van der Waals surface area contributed by atoms with Crippen molar-refractivity contribution in [1.29, 1.82) is 0 Å². The topological polar surface area (TPSA) is 9.23 Å². The molecule has 0 bridgehead atoms. The molecule has 0 amide bonds. The van der Waals surface area contributed by atoms with Crippen LogP contribution in [0.1, 0.15) is 60.3 Å². The number of hydrogen-bond acceptors (Lipinski definition) is 2. The van der Waals surface area contributed by atoms with E-state index in [0.717, 1.165) is 5.75 Å². The van der Waals surface area contributed by atoms with Crippen LogP contribution in [0.3, 0.4) is 0 Å². The van der Waals surface area contributed by atoms with Crippen molar-refractivity contribution in [3.63, 3.8) is 0 Å². The van der Waals surface area contributed by atoms with Crippen LogP contribution in [-0.2, 0) is 19.4 Å². The number of allylic oxidation sites excluding steroid dienone is 2. The van der Waals surface area contributed by atoms with Crippen LogP contribution in [0.4, 0.5) is 0 Å². The molecule has 0 atom stereocenters. The summed E-state index contributed by atoms with van der Waals surface area (Å²) in [6.45, 7) is 11.5. The molecule has 3 heteroatoms. The van der Waals surface area contributed by atoms with Crippen LogP contribution in [0.15, 0.2) is 45.9 Å². The summed E-state index contributed by atoms with van der Waals surface area (Å²) in [6, 6.07) is 8.61. The van der Waals surface area contributed by atoms with E-state index in [2.05, 4.69) is 58.0 Å². The van der Waals surface area contributed by atoms with Crippen molar-refractivity contribution >= 4 is 15.7 Å². The Morgan fingerprint density at radius 2 is 1.77 bits per heavy atom. The molecule has 1 aliphatic rings. The summed E-state index contributed by atoms with van der Waals surface area (Å²) < 4.78 is 7.49. The first-order valence-corrected chi connectivity index (χ1v) is 11.9. The Kier molecular flexibility index (Phi) is 8.42. The van der Waals surface area contributed by atoms with Gasteiger partial charge in [-0.3, -0.25) is 0 Å². The second kappa shape index (κ2) is 10.1. The minimum atomic E-state index is 0.536. The Balaban J connectivity index is 1.95. The molecule has 1 nitrogen and oxygen atoms in total. The third kappa shape index (κ3) is 6.24. The van der Waals surface area contributed by atoms with Gasteiger partial charge in [0, 0.05) is 0 Å². The zero-order valence-electron chi connectivity index (χ0n) is 16.8. The van der Waals surface area contributed by atoms with Crippen molar-refractivity contribution < 1.29 is 24.1 Å². The number of ether oxygens (including phenoxy) is 1. The van der Waals surface area contributed by atoms with Crippen molar-refractivity contribution in [2.45, 2.75) is 65.2 Å². The van der Waals surface area contributed by atoms with Crippen LogP contribution < -0.4 is 4.74 Å². The van der Waals surface area contributed by atoms with Crippen LogP contribution in [0.25, 0.3) is 0 Å². The normalized spacial score (nSPS) is 17.8. The van der Waals surface area contributed by atoms with E-state index in [0.29, 0.717) is 12.0 Å². The van der Waals surface area contributed by atoms with E-state index in [9.17, 15) is 0 Å². The van der Waals surface area contributed by atoms with Gasteiger partial charge in [0.05, 0.1) is 0 Å². The van der Waals surface area contributed by atoms with E-state index in [1.807, 2.05) is 18.7 Å². The summed E-state index contributed by atoms with van der Waals surface area (Å²) in [5.74, 6) is 2.17. The molecule has 1 aromatic carbocycles. The van der Waals surface area contributed by atoms with E-state index >= 15 is 0 Å². The molecule has 0 radical (unpaired) electrons. The van der Waals surface area contributed by atoms with Crippen molar-refractivity contribution in [1.82, 2.24) is 0 Å². The molecule has 0 spiro atoms. The molecule has 2 rings (SSSR count). The van der Waals surface area contributed by atoms with Gasteiger partial charge in [-0.25, -0.2) is 0 Å². The Morgan fingerprint density at radius 1 is 1.15 bits per heavy atom. The minimum absolute atomic E-state index is 0.536. The summed E-state index contributed by atoms with van der Waals surface area (Å²) in [5, 5.41) is 0. The number of hydrogen-bond donors (Lipinski definition) is 0. The molecule has 142 valence electrons. The molecular weight excluding hydrogens is 508 g/mol. The van der Waals surface area contributed by atoms with E-state index in [4.69, 9.17) is 4.74 Å². The standard InChI is InChI=1S/C23H31OS.W/c1-6-18(3)22(19(4)7-2)16-24-20-10-12-21(13-11-20)25-17-23(5)14-8-9-15-23;/h10-13H,8-9,14-17H2,1-5H3;/q-1;/b22-18-;. The maximum atomic E-state index is 6.08. The molecule has 0 aromatic heterocycles. The molecule has 0 heterocycles. The summed E-state index contributed by atoms with van der Waals surface area (Å²) in [4.78, 5) is 1.34. The van der Waals surface area contributed by atoms with E-state index < -0.39 is 0 Å². The SMILES string of the molecule is C[C-]=C(C)/C(COc1ccc(SCC2(C)CCCC2)cc1)=C(/C)[C](C)=[W]. The van der Waals surface area contributed by atoms with Crippen molar-refractivity contribution in [2.75, 3.05) is 12.4 Å². The van der Waals surface area contributed by atoms with Gasteiger partial charge in [0.2, 0.25) is 0 Å². The summed E-state index contributed by atoms with van der Waals surface area (Å²) in [6.07, 6.45) is 8.83. The fourth-order valence-electron chi connectivity index (χ4n) is 3.28. The molecule has 26 heavy (non-hydrogen) atoms. The van der Waals surface area contributed by atoms with Gasteiger partial charge in [-0.15, -0.1) is 0 Å². The third-order valence-electron chi connectivity index (χ3n) is 5.41. The van der Waals surface area contributed by atoms with Crippen molar-refractivity contribution in [3.05, 3.63) is 47.1 Å². The zero-order valence-corrected chi connectivity index (χ0v) is 20.5. The first kappa shape index (κ1) is 21.7. The first-order chi connectivity index (χ1) is 12.3. The zero-order chi connectivity index (χ0) is 19.2. The molecular formula is C23H31OSW-. The quantitative estimate of drug-likeness (QED) is 0.210. The Hall–Kier alpha value is -0.592. The van der Waals surface area contributed by atoms with Crippen LogP contribution in [0.5, 0.6) is 5.75 Å². The van der Waals surface area contributed by atoms with Gasteiger partial charge in [0.1, 0.15) is 0 Å². The van der Waals surface area contributed by atoms with Gasteiger partial charge in [-0.05, 0) is 12.8 Å². The van der Waals surface area contributed by atoms with Crippen LogP contribution in [-0.4, -0.2) is 16.3 Å². The number of thioether (sulfide) groups is 1. The van der Waals surface area contributed by atoms with E-state index in [1.54, 1.807) is 0 Å². The summed E-state index contributed by atoms with van der Waals surface area (Å²) in [7, 11) is 0. The average Bonchev–Trinajstić information content (AvgIpc) is 3.07. The van der Waals surface area contributed by atoms with Gasteiger partial charge >= 0.3 is 143 Å². The predicted molar refractivity (Wildman–Crippen MR) is 111 cm³/mol. The Bertz CT molecular complexity index is 679. The number of benzene rings is 1. The molecule has 0 unspecified atom stereocenters. The van der Waals surface area contributed by atoms with Crippen molar-refractivity contribution in [3.8, 4) is 5.75 Å². The molecule has 1 fully saturated rings. The third-order valence-corrected chi connectivity index (χ3v) is 7.96. The molecule has 1 aliphatic carbocycles.